The summed E-state index contributed by atoms with van der Waals surface area (Å²) < 4.78 is 27.3. The number of hydrogen-bond acceptors (Lipinski definition) is 3. The molecule has 0 aromatic heterocycles. The van der Waals surface area contributed by atoms with Crippen LogP contribution in [0.2, 0.25) is 0 Å². The maximum atomic E-state index is 12.7. The smallest absolute Gasteiger partial charge is 0.253 e. The fraction of sp³-hybridized carbons (Fsp3) is 0.350. The van der Waals surface area contributed by atoms with E-state index in [1.807, 2.05) is 12.1 Å². The summed E-state index contributed by atoms with van der Waals surface area (Å²) in [6, 6.07) is 14.4. The van der Waals surface area contributed by atoms with E-state index in [1.165, 1.54) is 17.7 Å². The molecule has 1 amide bonds. The van der Waals surface area contributed by atoms with E-state index in [9.17, 15) is 13.2 Å². The Labute approximate surface area is 155 Å². The second-order valence-corrected chi connectivity index (χ2v) is 8.47. The highest BCUT2D eigenvalue weighted by atomic mass is 32.2. The SMILES string of the molecule is CCc1ccc(CN(C)C(=O)c2cccc(S(=O)(=O)NC3CC3)c2)cc1. The Hall–Kier alpha value is -2.18. The Morgan fingerprint density at radius 2 is 1.77 bits per heavy atom. The van der Waals surface area contributed by atoms with Crippen molar-refractivity contribution in [3.05, 3.63) is 65.2 Å². The predicted molar refractivity (Wildman–Crippen MR) is 101 cm³/mol. The highest BCUT2D eigenvalue weighted by Gasteiger charge is 2.28. The number of amides is 1. The molecule has 0 aliphatic heterocycles. The molecule has 1 fully saturated rings. The zero-order valence-corrected chi connectivity index (χ0v) is 15.9. The van der Waals surface area contributed by atoms with Crippen molar-refractivity contribution in [3.8, 4) is 0 Å². The van der Waals surface area contributed by atoms with Crippen molar-refractivity contribution in [2.24, 2.45) is 0 Å². The Kier molecular flexibility index (Phi) is 5.44. The topological polar surface area (TPSA) is 66.5 Å². The largest absolute Gasteiger partial charge is 0.337 e. The minimum atomic E-state index is -3.57. The number of nitrogens with one attached hydrogen (secondary N) is 1. The zero-order chi connectivity index (χ0) is 18.7. The molecule has 0 unspecified atom stereocenters. The third-order valence-electron chi connectivity index (χ3n) is 4.49. The van der Waals surface area contributed by atoms with Crippen molar-refractivity contribution >= 4 is 15.9 Å². The molecule has 26 heavy (non-hydrogen) atoms. The lowest BCUT2D eigenvalue weighted by molar-refractivity contribution is 0.0785. The van der Waals surface area contributed by atoms with Gasteiger partial charge in [0.05, 0.1) is 4.90 Å². The van der Waals surface area contributed by atoms with Gasteiger partial charge in [0, 0.05) is 25.2 Å². The summed E-state index contributed by atoms with van der Waals surface area (Å²) in [7, 11) is -1.84. The van der Waals surface area contributed by atoms with Gasteiger partial charge < -0.3 is 4.90 Å². The Morgan fingerprint density at radius 3 is 2.38 bits per heavy atom. The van der Waals surface area contributed by atoms with Crippen molar-refractivity contribution in [1.29, 1.82) is 0 Å². The number of nitrogens with zero attached hydrogens (tertiary/aromatic N) is 1. The zero-order valence-electron chi connectivity index (χ0n) is 15.1. The summed E-state index contributed by atoms with van der Waals surface area (Å²) in [5.41, 5.74) is 2.66. The summed E-state index contributed by atoms with van der Waals surface area (Å²) in [5, 5.41) is 0. The van der Waals surface area contributed by atoms with E-state index in [-0.39, 0.29) is 16.8 Å². The molecule has 1 aliphatic carbocycles. The molecule has 2 aromatic carbocycles. The van der Waals surface area contributed by atoms with Crippen LogP contribution in [0.5, 0.6) is 0 Å². The molecule has 0 heterocycles. The van der Waals surface area contributed by atoms with Crippen molar-refractivity contribution in [3.63, 3.8) is 0 Å². The summed E-state index contributed by atoms with van der Waals surface area (Å²) in [6.07, 6.45) is 2.72. The minimum absolute atomic E-state index is 0.0353. The number of sulfonamides is 1. The van der Waals surface area contributed by atoms with Crippen LogP contribution in [0, 0.1) is 0 Å². The van der Waals surface area contributed by atoms with Gasteiger partial charge in [0.25, 0.3) is 5.91 Å². The number of rotatable bonds is 7. The van der Waals surface area contributed by atoms with E-state index in [1.54, 1.807) is 24.1 Å². The lowest BCUT2D eigenvalue weighted by Gasteiger charge is -2.18. The quantitative estimate of drug-likeness (QED) is 0.813. The summed E-state index contributed by atoms with van der Waals surface area (Å²) in [5.74, 6) is -0.201. The van der Waals surface area contributed by atoms with Crippen molar-refractivity contribution in [1.82, 2.24) is 9.62 Å². The van der Waals surface area contributed by atoms with E-state index < -0.39 is 10.0 Å². The van der Waals surface area contributed by atoms with Crippen LogP contribution in [0.4, 0.5) is 0 Å². The first-order valence-electron chi connectivity index (χ1n) is 8.84. The Bertz CT molecular complexity index is 888. The maximum Gasteiger partial charge on any atom is 0.253 e. The molecule has 0 saturated heterocycles. The minimum Gasteiger partial charge on any atom is -0.337 e. The highest BCUT2D eigenvalue weighted by molar-refractivity contribution is 7.89. The standard InChI is InChI=1S/C20H24N2O3S/c1-3-15-7-9-16(10-8-15)14-22(2)20(23)17-5-4-6-19(13-17)26(24,25)21-18-11-12-18/h4-10,13,18,21H,3,11-12,14H2,1-2H3. The van der Waals surface area contributed by atoms with Gasteiger partial charge in [-0.25, -0.2) is 13.1 Å². The van der Waals surface area contributed by atoms with Gasteiger partial charge >= 0.3 is 0 Å². The molecule has 0 spiro atoms. The van der Waals surface area contributed by atoms with Gasteiger partial charge in [-0.15, -0.1) is 0 Å². The van der Waals surface area contributed by atoms with Crippen LogP contribution in [0.25, 0.3) is 0 Å². The van der Waals surface area contributed by atoms with Gasteiger partial charge in [-0.2, -0.15) is 0 Å². The van der Waals surface area contributed by atoms with Crippen molar-refractivity contribution in [2.75, 3.05) is 7.05 Å². The fourth-order valence-electron chi connectivity index (χ4n) is 2.73. The first kappa shape index (κ1) is 18.6. The Morgan fingerprint density at radius 1 is 1.12 bits per heavy atom. The normalized spacial score (nSPS) is 14.2. The lowest BCUT2D eigenvalue weighted by Crippen LogP contribution is -2.28. The first-order chi connectivity index (χ1) is 12.4. The molecule has 1 N–H and O–H groups in total. The Balaban J connectivity index is 1.72. The maximum absolute atomic E-state index is 12.7. The van der Waals surface area contributed by atoms with Crippen LogP contribution in [-0.2, 0) is 23.0 Å². The predicted octanol–water partition coefficient (Wildman–Crippen LogP) is 2.96. The summed E-state index contributed by atoms with van der Waals surface area (Å²) in [6.45, 7) is 2.57. The molecule has 0 radical (unpaired) electrons. The molecule has 0 bridgehead atoms. The highest BCUT2D eigenvalue weighted by Crippen LogP contribution is 2.22. The average molecular weight is 372 g/mol. The number of carbonyl (C=O) groups excluding carboxylic acids is 1. The molecule has 3 rings (SSSR count). The van der Waals surface area contributed by atoms with Crippen molar-refractivity contribution in [2.45, 2.75) is 43.7 Å². The molecule has 6 heteroatoms. The molecule has 0 atom stereocenters. The third kappa shape index (κ3) is 4.51. The van der Waals surface area contributed by atoms with Gasteiger partial charge in [-0.05, 0) is 48.6 Å². The van der Waals surface area contributed by atoms with Gasteiger partial charge in [0.2, 0.25) is 10.0 Å². The number of carbonyl (C=O) groups is 1. The van der Waals surface area contributed by atoms with Gasteiger partial charge in [0.1, 0.15) is 0 Å². The van der Waals surface area contributed by atoms with Crippen LogP contribution in [0.3, 0.4) is 0 Å². The molecule has 1 aliphatic rings. The van der Waals surface area contributed by atoms with Crippen LogP contribution >= 0.6 is 0 Å². The molecule has 5 nitrogen and oxygen atoms in total. The van der Waals surface area contributed by atoms with Crippen LogP contribution in [-0.4, -0.2) is 32.3 Å². The van der Waals surface area contributed by atoms with Gasteiger partial charge in [-0.1, -0.05) is 37.3 Å². The summed E-state index contributed by atoms with van der Waals surface area (Å²) >= 11 is 0. The molecular formula is C20H24N2O3S. The van der Waals surface area contributed by atoms with Crippen LogP contribution in [0.15, 0.2) is 53.4 Å². The van der Waals surface area contributed by atoms with E-state index in [2.05, 4.69) is 23.8 Å². The van der Waals surface area contributed by atoms with E-state index in [0.29, 0.717) is 12.1 Å². The molecule has 138 valence electrons. The first-order valence-corrected chi connectivity index (χ1v) is 10.3. The average Bonchev–Trinajstić information content (AvgIpc) is 3.45. The van der Waals surface area contributed by atoms with Crippen molar-refractivity contribution < 1.29 is 13.2 Å². The van der Waals surface area contributed by atoms with Gasteiger partial charge in [-0.3, -0.25) is 4.79 Å². The lowest BCUT2D eigenvalue weighted by atomic mass is 10.1. The monoisotopic (exact) mass is 372 g/mol. The van der Waals surface area contributed by atoms with Crippen LogP contribution < -0.4 is 4.72 Å². The third-order valence-corrected chi connectivity index (χ3v) is 6.01. The second kappa shape index (κ2) is 7.60. The molecular weight excluding hydrogens is 348 g/mol. The number of aryl methyl sites for hydroxylation is 1. The second-order valence-electron chi connectivity index (χ2n) is 6.75. The van der Waals surface area contributed by atoms with E-state index in [0.717, 1.165) is 24.8 Å². The summed E-state index contributed by atoms with van der Waals surface area (Å²) in [4.78, 5) is 14.4. The molecule has 1 saturated carbocycles. The fourth-order valence-corrected chi connectivity index (χ4v) is 4.08. The van der Waals surface area contributed by atoms with E-state index in [4.69, 9.17) is 0 Å². The number of hydrogen-bond donors (Lipinski definition) is 1. The van der Waals surface area contributed by atoms with E-state index >= 15 is 0 Å². The van der Waals surface area contributed by atoms with Crippen LogP contribution in [0.1, 0.15) is 41.3 Å². The molecule has 2 aromatic rings. The van der Waals surface area contributed by atoms with Gasteiger partial charge in [0.15, 0.2) is 0 Å². The number of benzene rings is 2.